The van der Waals surface area contributed by atoms with Gasteiger partial charge in [-0.25, -0.2) is 4.98 Å². The molecule has 0 radical (unpaired) electrons. The van der Waals surface area contributed by atoms with E-state index in [4.69, 9.17) is 4.98 Å². The van der Waals surface area contributed by atoms with E-state index in [0.29, 0.717) is 0 Å². The van der Waals surface area contributed by atoms with E-state index < -0.39 is 0 Å². The van der Waals surface area contributed by atoms with Gasteiger partial charge in [-0.05, 0) is 23.6 Å². The molecule has 0 spiro atoms. The third kappa shape index (κ3) is 1.36. The minimum Gasteiger partial charge on any atom is -0.226 e. The molecule has 0 saturated carbocycles. The largest absolute Gasteiger partial charge is 0.226 e. The molecule has 0 aliphatic heterocycles. The van der Waals surface area contributed by atoms with Crippen molar-refractivity contribution in [3.63, 3.8) is 0 Å². The van der Waals surface area contributed by atoms with Gasteiger partial charge in [0.25, 0.3) is 0 Å². The van der Waals surface area contributed by atoms with E-state index in [1.165, 1.54) is 5.39 Å². The number of rotatable bonds is 0. The maximum atomic E-state index is 4.75. The standard InChI is InChI=1S/C17H10N4/c1-2-6-12-11(5-1)9-10-15-16(12)21-17(18-15)13-7-3-4-8-14(13)19-20-21/h1-10H. The Hall–Kier alpha value is -3.01. The molecule has 2 aromatic heterocycles. The van der Waals surface area contributed by atoms with Crippen molar-refractivity contribution in [2.24, 2.45) is 0 Å². The highest BCUT2D eigenvalue weighted by Gasteiger charge is 2.12. The summed E-state index contributed by atoms with van der Waals surface area (Å²) in [4.78, 5) is 4.75. The third-order valence-corrected chi connectivity index (χ3v) is 3.90. The highest BCUT2D eigenvalue weighted by molar-refractivity contribution is 6.07. The van der Waals surface area contributed by atoms with Crippen LogP contribution in [-0.4, -0.2) is 19.8 Å². The third-order valence-electron chi connectivity index (χ3n) is 3.90. The zero-order chi connectivity index (χ0) is 13.8. The summed E-state index contributed by atoms with van der Waals surface area (Å²) < 4.78 is 1.85. The highest BCUT2D eigenvalue weighted by atomic mass is 15.4. The second-order valence-electron chi connectivity index (χ2n) is 5.11. The van der Waals surface area contributed by atoms with Gasteiger partial charge < -0.3 is 0 Å². The van der Waals surface area contributed by atoms with Gasteiger partial charge in [0.15, 0.2) is 5.65 Å². The number of benzene rings is 3. The second-order valence-corrected chi connectivity index (χ2v) is 5.11. The van der Waals surface area contributed by atoms with E-state index >= 15 is 0 Å². The fraction of sp³-hybridized carbons (Fsp3) is 0. The molecule has 5 aromatic rings. The molecule has 21 heavy (non-hydrogen) atoms. The van der Waals surface area contributed by atoms with Crippen molar-refractivity contribution in [2.45, 2.75) is 0 Å². The van der Waals surface area contributed by atoms with Gasteiger partial charge in [0.2, 0.25) is 0 Å². The Kier molecular flexibility index (Phi) is 1.92. The zero-order valence-corrected chi connectivity index (χ0v) is 11.1. The van der Waals surface area contributed by atoms with Crippen LogP contribution in [0.2, 0.25) is 0 Å². The first kappa shape index (κ1) is 10.7. The van der Waals surface area contributed by atoms with Crippen LogP contribution in [0.5, 0.6) is 0 Å². The van der Waals surface area contributed by atoms with Crippen LogP contribution in [0.15, 0.2) is 60.7 Å². The van der Waals surface area contributed by atoms with Crippen LogP contribution < -0.4 is 0 Å². The molecule has 0 N–H and O–H groups in total. The Morgan fingerprint density at radius 3 is 2.48 bits per heavy atom. The monoisotopic (exact) mass is 270 g/mol. The van der Waals surface area contributed by atoms with Gasteiger partial charge in [-0.3, -0.25) is 0 Å². The molecule has 0 unspecified atom stereocenters. The van der Waals surface area contributed by atoms with Crippen LogP contribution in [0.4, 0.5) is 0 Å². The Bertz CT molecular complexity index is 1140. The van der Waals surface area contributed by atoms with Crippen molar-refractivity contribution in [2.75, 3.05) is 0 Å². The fourth-order valence-corrected chi connectivity index (χ4v) is 2.93. The van der Waals surface area contributed by atoms with E-state index in [2.05, 4.69) is 28.5 Å². The summed E-state index contributed by atoms with van der Waals surface area (Å²) in [6.07, 6.45) is 0. The first-order valence-corrected chi connectivity index (χ1v) is 6.83. The van der Waals surface area contributed by atoms with E-state index in [0.717, 1.165) is 33.0 Å². The summed E-state index contributed by atoms with van der Waals surface area (Å²) in [5.74, 6) is 0. The lowest BCUT2D eigenvalue weighted by Gasteiger charge is -2.00. The van der Waals surface area contributed by atoms with Crippen LogP contribution in [-0.2, 0) is 0 Å². The van der Waals surface area contributed by atoms with Gasteiger partial charge in [-0.2, -0.15) is 4.52 Å². The van der Waals surface area contributed by atoms with Crippen molar-refractivity contribution in [3.8, 4) is 0 Å². The number of hydrogen-bond acceptors (Lipinski definition) is 3. The molecule has 0 fully saturated rings. The maximum Gasteiger partial charge on any atom is 0.166 e. The molecule has 0 aliphatic carbocycles. The van der Waals surface area contributed by atoms with Gasteiger partial charge >= 0.3 is 0 Å². The summed E-state index contributed by atoms with van der Waals surface area (Å²) >= 11 is 0. The fourth-order valence-electron chi connectivity index (χ4n) is 2.93. The lowest BCUT2D eigenvalue weighted by atomic mass is 10.1. The molecular formula is C17H10N4. The zero-order valence-electron chi connectivity index (χ0n) is 11.1. The minimum absolute atomic E-state index is 0.854. The van der Waals surface area contributed by atoms with Crippen LogP contribution in [0.3, 0.4) is 0 Å². The number of imidazole rings is 1. The SMILES string of the molecule is c1ccc2c(c1)ccc1nc3c4ccccc4nnn3c12. The predicted octanol–water partition coefficient (Wildman–Crippen LogP) is 3.58. The van der Waals surface area contributed by atoms with Gasteiger partial charge in [0, 0.05) is 10.8 Å². The van der Waals surface area contributed by atoms with Gasteiger partial charge in [-0.15, -0.1) is 5.10 Å². The predicted molar refractivity (Wildman–Crippen MR) is 83.3 cm³/mol. The average molecular weight is 270 g/mol. The molecule has 98 valence electrons. The summed E-state index contributed by atoms with van der Waals surface area (Å²) in [5, 5.41) is 12.0. The van der Waals surface area contributed by atoms with E-state index in [9.17, 15) is 0 Å². The van der Waals surface area contributed by atoms with Crippen LogP contribution in [0, 0.1) is 0 Å². The molecule has 2 heterocycles. The minimum atomic E-state index is 0.854. The topological polar surface area (TPSA) is 43.1 Å². The van der Waals surface area contributed by atoms with E-state index in [-0.39, 0.29) is 0 Å². The Labute approximate surface area is 119 Å². The normalized spacial score (nSPS) is 11.8. The average Bonchev–Trinajstić information content (AvgIpc) is 2.94. The van der Waals surface area contributed by atoms with Crippen molar-refractivity contribution < 1.29 is 0 Å². The summed E-state index contributed by atoms with van der Waals surface area (Å²) in [6, 6.07) is 20.4. The van der Waals surface area contributed by atoms with Crippen LogP contribution in [0.1, 0.15) is 0 Å². The summed E-state index contributed by atoms with van der Waals surface area (Å²) in [7, 11) is 0. The lowest BCUT2D eigenvalue weighted by Crippen LogP contribution is -1.96. The van der Waals surface area contributed by atoms with Crippen molar-refractivity contribution >= 4 is 38.4 Å². The smallest absolute Gasteiger partial charge is 0.166 e. The highest BCUT2D eigenvalue weighted by Crippen LogP contribution is 2.27. The van der Waals surface area contributed by atoms with Crippen molar-refractivity contribution in [1.82, 2.24) is 19.8 Å². The molecule has 0 atom stereocenters. The first-order chi connectivity index (χ1) is 10.4. The molecule has 0 aliphatic rings. The molecule has 4 heteroatoms. The van der Waals surface area contributed by atoms with Crippen LogP contribution in [0.25, 0.3) is 38.4 Å². The Balaban J connectivity index is 2.11. The quantitative estimate of drug-likeness (QED) is 0.432. The second kappa shape index (κ2) is 3.76. The molecule has 0 bridgehead atoms. The molecule has 5 rings (SSSR count). The molecule has 4 nitrogen and oxygen atoms in total. The summed E-state index contributed by atoms with van der Waals surface area (Å²) in [6.45, 7) is 0. The Morgan fingerprint density at radius 2 is 1.52 bits per heavy atom. The number of nitrogens with zero attached hydrogens (tertiary/aromatic N) is 4. The molecular weight excluding hydrogens is 260 g/mol. The number of fused-ring (bicyclic) bond motifs is 7. The van der Waals surface area contributed by atoms with E-state index in [1.54, 1.807) is 0 Å². The molecule has 3 aromatic carbocycles. The molecule has 0 amide bonds. The Morgan fingerprint density at radius 1 is 0.714 bits per heavy atom. The number of hydrogen-bond donors (Lipinski definition) is 0. The van der Waals surface area contributed by atoms with Crippen LogP contribution >= 0.6 is 0 Å². The van der Waals surface area contributed by atoms with Crippen molar-refractivity contribution in [1.29, 1.82) is 0 Å². The van der Waals surface area contributed by atoms with Crippen molar-refractivity contribution in [3.05, 3.63) is 60.7 Å². The molecule has 0 saturated heterocycles. The van der Waals surface area contributed by atoms with Gasteiger partial charge in [0.05, 0.1) is 11.0 Å². The lowest BCUT2D eigenvalue weighted by molar-refractivity contribution is 0.852. The van der Waals surface area contributed by atoms with Gasteiger partial charge in [0.1, 0.15) is 5.52 Å². The first-order valence-electron chi connectivity index (χ1n) is 6.83. The maximum absolute atomic E-state index is 4.75. The summed E-state index contributed by atoms with van der Waals surface area (Å²) in [5.41, 5.74) is 3.68. The number of aromatic nitrogens is 4. The van der Waals surface area contributed by atoms with E-state index in [1.807, 2.05) is 47.0 Å². The van der Waals surface area contributed by atoms with Gasteiger partial charge in [-0.1, -0.05) is 47.7 Å².